The number of nitrogens with two attached hydrogens (primary N) is 2. The monoisotopic (exact) mass is 362 g/mol. The van der Waals surface area contributed by atoms with Crippen molar-refractivity contribution in [3.8, 4) is 0 Å². The summed E-state index contributed by atoms with van der Waals surface area (Å²) in [5.74, 6) is -1.76. The molecule has 25 heavy (non-hydrogen) atoms. The molecule has 0 atom stereocenters. The molecule has 9 heteroatoms. The summed E-state index contributed by atoms with van der Waals surface area (Å²) in [6.45, 7) is 6.71. The van der Waals surface area contributed by atoms with E-state index in [2.05, 4.69) is 24.6 Å². The highest BCUT2D eigenvalue weighted by Crippen LogP contribution is 2.16. The van der Waals surface area contributed by atoms with Gasteiger partial charge in [0.15, 0.2) is 5.96 Å². The van der Waals surface area contributed by atoms with Crippen molar-refractivity contribution >= 4 is 37.0 Å². The second-order valence-corrected chi connectivity index (χ2v) is 11.9. The lowest BCUT2D eigenvalue weighted by Gasteiger charge is -2.21. The van der Waals surface area contributed by atoms with E-state index in [0.29, 0.717) is 11.6 Å². The van der Waals surface area contributed by atoms with Crippen molar-refractivity contribution in [2.45, 2.75) is 39.0 Å². The fourth-order valence-corrected chi connectivity index (χ4v) is 4.22. The topological polar surface area (TPSA) is 128 Å². The summed E-state index contributed by atoms with van der Waals surface area (Å²) in [6.07, 6.45) is 0.118. The minimum atomic E-state index is -1.80. The van der Waals surface area contributed by atoms with Crippen molar-refractivity contribution < 1.29 is 19.2 Å². The molecule has 134 valence electrons. The first-order valence-electron chi connectivity index (χ1n) is 7.86. The summed E-state index contributed by atoms with van der Waals surface area (Å²) >= 11 is 0. The Morgan fingerprint density at radius 1 is 1.20 bits per heavy atom. The number of carbonyl (C=O) groups excluding carboxylic acids is 3. The zero-order chi connectivity index (χ0) is 18.8. The zero-order valence-corrected chi connectivity index (χ0v) is 15.5. The first-order chi connectivity index (χ1) is 11.6. The van der Waals surface area contributed by atoms with Crippen molar-refractivity contribution in [2.75, 3.05) is 0 Å². The molecule has 1 aliphatic rings. The number of hydrogen-bond donors (Lipinski definition) is 2. The lowest BCUT2D eigenvalue weighted by Crippen LogP contribution is -2.41. The molecule has 1 heterocycles. The summed E-state index contributed by atoms with van der Waals surface area (Å²) in [7, 11) is -1.80. The van der Waals surface area contributed by atoms with Crippen molar-refractivity contribution in [1.82, 2.24) is 5.06 Å². The van der Waals surface area contributed by atoms with Gasteiger partial charge in [0, 0.05) is 12.8 Å². The van der Waals surface area contributed by atoms with Crippen LogP contribution in [0.1, 0.15) is 28.8 Å². The van der Waals surface area contributed by atoms with E-state index in [4.69, 9.17) is 16.3 Å². The van der Waals surface area contributed by atoms with Crippen molar-refractivity contribution in [3.05, 3.63) is 29.3 Å². The number of benzene rings is 1. The number of amides is 2. The molecule has 1 fully saturated rings. The van der Waals surface area contributed by atoms with Gasteiger partial charge in [0.1, 0.15) is 0 Å². The third-order valence-corrected chi connectivity index (χ3v) is 5.85. The van der Waals surface area contributed by atoms with Gasteiger partial charge in [-0.2, -0.15) is 0 Å². The summed E-state index contributed by atoms with van der Waals surface area (Å²) in [5, 5.41) is 1.55. The van der Waals surface area contributed by atoms with Crippen molar-refractivity contribution in [1.29, 1.82) is 0 Å². The average molecular weight is 362 g/mol. The molecule has 0 aromatic heterocycles. The Labute approximate surface area is 146 Å². The van der Waals surface area contributed by atoms with Gasteiger partial charge in [-0.25, -0.2) is 9.79 Å². The number of nitrogens with zero attached hydrogens (tertiary/aromatic N) is 2. The standard InChI is InChI=1S/C16H22N4O4Si/c1-25(2,3)12-8-10(4-5-11(12)9-19-16(17)18)15(23)24-20-13(21)6-7-14(20)22/h4-5,8H,6-7,9H2,1-3H3,(H4,17,18,19). The van der Waals surface area contributed by atoms with Crippen molar-refractivity contribution in [3.63, 3.8) is 0 Å². The maximum atomic E-state index is 12.3. The maximum absolute atomic E-state index is 12.3. The third kappa shape index (κ3) is 4.44. The molecule has 0 saturated carbocycles. The Balaban J connectivity index is 2.29. The molecule has 1 saturated heterocycles. The molecule has 2 rings (SSSR count). The van der Waals surface area contributed by atoms with Crippen LogP contribution in [0.15, 0.2) is 23.2 Å². The van der Waals surface area contributed by atoms with Gasteiger partial charge in [-0.15, -0.1) is 5.06 Å². The summed E-state index contributed by atoms with van der Waals surface area (Å²) < 4.78 is 0. The lowest BCUT2D eigenvalue weighted by atomic mass is 10.1. The van der Waals surface area contributed by atoms with E-state index in [1.165, 1.54) is 0 Å². The number of aliphatic imine (C=N–C) groups is 1. The molecule has 0 unspecified atom stereocenters. The smallest absolute Gasteiger partial charge is 0.363 e. The Hall–Kier alpha value is -2.68. The molecular formula is C16H22N4O4Si. The fourth-order valence-electron chi connectivity index (χ4n) is 2.51. The fraction of sp³-hybridized carbons (Fsp3) is 0.375. The summed E-state index contributed by atoms with van der Waals surface area (Å²) in [4.78, 5) is 44.5. The highest BCUT2D eigenvalue weighted by atomic mass is 28.3. The van der Waals surface area contributed by atoms with Crippen LogP contribution in [0, 0.1) is 0 Å². The number of imide groups is 1. The second kappa shape index (κ2) is 7.05. The molecule has 1 aromatic carbocycles. The van der Waals surface area contributed by atoms with Crippen molar-refractivity contribution in [2.24, 2.45) is 16.5 Å². The van der Waals surface area contributed by atoms with Gasteiger partial charge in [-0.05, 0) is 17.7 Å². The van der Waals surface area contributed by atoms with E-state index < -0.39 is 25.9 Å². The molecule has 0 aliphatic carbocycles. The van der Waals surface area contributed by atoms with Gasteiger partial charge < -0.3 is 16.3 Å². The molecule has 0 radical (unpaired) electrons. The van der Waals surface area contributed by atoms with Crippen LogP contribution < -0.4 is 16.7 Å². The summed E-state index contributed by atoms with van der Waals surface area (Å²) in [6, 6.07) is 5.08. The van der Waals surface area contributed by atoms with E-state index in [1.807, 2.05) is 0 Å². The van der Waals surface area contributed by atoms with E-state index in [1.54, 1.807) is 18.2 Å². The molecular weight excluding hydrogens is 340 g/mol. The molecule has 0 bridgehead atoms. The Morgan fingerprint density at radius 2 is 1.80 bits per heavy atom. The van der Waals surface area contributed by atoms with E-state index >= 15 is 0 Å². The van der Waals surface area contributed by atoms with Gasteiger partial charge in [0.25, 0.3) is 11.8 Å². The summed E-state index contributed by atoms with van der Waals surface area (Å²) in [5.41, 5.74) is 12.0. The highest BCUT2D eigenvalue weighted by Gasteiger charge is 2.33. The predicted molar refractivity (Wildman–Crippen MR) is 95.4 cm³/mol. The number of carbonyl (C=O) groups is 3. The van der Waals surface area contributed by atoms with E-state index in [9.17, 15) is 14.4 Å². The largest absolute Gasteiger partial charge is 0.370 e. The van der Waals surface area contributed by atoms with Gasteiger partial charge in [-0.1, -0.05) is 30.9 Å². The van der Waals surface area contributed by atoms with Gasteiger partial charge in [0.2, 0.25) is 0 Å². The van der Waals surface area contributed by atoms with Gasteiger partial charge in [-0.3, -0.25) is 9.59 Å². The van der Waals surface area contributed by atoms with Crippen LogP contribution in [-0.4, -0.2) is 36.9 Å². The predicted octanol–water partition coefficient (Wildman–Crippen LogP) is 0.226. The van der Waals surface area contributed by atoms with Crippen LogP contribution in [0.3, 0.4) is 0 Å². The number of hydroxylamine groups is 2. The Morgan fingerprint density at radius 3 is 2.32 bits per heavy atom. The Kier molecular flexibility index (Phi) is 5.26. The van der Waals surface area contributed by atoms with Crippen LogP contribution in [-0.2, 0) is 21.0 Å². The van der Waals surface area contributed by atoms with Gasteiger partial charge in [0.05, 0.1) is 20.2 Å². The minimum Gasteiger partial charge on any atom is -0.370 e. The second-order valence-electron chi connectivity index (χ2n) is 6.82. The average Bonchev–Trinajstić information content (AvgIpc) is 2.83. The van der Waals surface area contributed by atoms with Crippen LogP contribution in [0.25, 0.3) is 0 Å². The zero-order valence-electron chi connectivity index (χ0n) is 14.5. The van der Waals surface area contributed by atoms with Crippen LogP contribution in [0.5, 0.6) is 0 Å². The quantitative estimate of drug-likeness (QED) is 0.334. The third-order valence-electron chi connectivity index (χ3n) is 3.77. The molecule has 8 nitrogen and oxygen atoms in total. The molecule has 0 spiro atoms. The number of guanidine groups is 1. The lowest BCUT2D eigenvalue weighted by molar-refractivity contribution is -0.172. The van der Waals surface area contributed by atoms with Gasteiger partial charge >= 0.3 is 5.97 Å². The van der Waals surface area contributed by atoms with Crippen LogP contribution in [0.4, 0.5) is 0 Å². The molecule has 1 aromatic rings. The highest BCUT2D eigenvalue weighted by molar-refractivity contribution is 6.89. The van der Waals surface area contributed by atoms with E-state index in [0.717, 1.165) is 10.8 Å². The normalized spacial score (nSPS) is 14.6. The van der Waals surface area contributed by atoms with Crippen LogP contribution >= 0.6 is 0 Å². The number of hydrogen-bond acceptors (Lipinski definition) is 5. The molecule has 4 N–H and O–H groups in total. The first kappa shape index (κ1) is 18.7. The van der Waals surface area contributed by atoms with Crippen LogP contribution in [0.2, 0.25) is 19.6 Å². The number of rotatable bonds is 5. The maximum Gasteiger partial charge on any atom is 0.363 e. The Bertz CT molecular complexity index is 735. The SMILES string of the molecule is C[Si](C)(C)c1cc(C(=O)ON2C(=O)CCC2=O)ccc1CN=C(N)N. The van der Waals surface area contributed by atoms with E-state index in [-0.39, 0.29) is 24.4 Å². The molecule has 1 aliphatic heterocycles. The first-order valence-corrected chi connectivity index (χ1v) is 11.4. The minimum absolute atomic E-state index is 0.00364. The molecule has 2 amide bonds.